The molecule has 0 bridgehead atoms. The summed E-state index contributed by atoms with van der Waals surface area (Å²) in [5.41, 5.74) is 7.09. The van der Waals surface area contributed by atoms with Crippen LogP contribution in [-0.2, 0) is 0 Å². The largest absolute Gasteiger partial charge is 0.329 e. The Morgan fingerprint density at radius 2 is 1.70 bits per heavy atom. The van der Waals surface area contributed by atoms with Gasteiger partial charge in [0.05, 0.1) is 0 Å². The van der Waals surface area contributed by atoms with E-state index in [0.717, 1.165) is 18.7 Å². The summed E-state index contributed by atoms with van der Waals surface area (Å²) in [6.07, 6.45) is 0. The van der Waals surface area contributed by atoms with Gasteiger partial charge in [-0.05, 0) is 51.3 Å². The van der Waals surface area contributed by atoms with Crippen LogP contribution in [0.3, 0.4) is 0 Å². The zero-order chi connectivity index (χ0) is 15.3. The number of rotatable bonds is 7. The molecule has 2 unspecified atom stereocenters. The van der Waals surface area contributed by atoms with Gasteiger partial charge in [-0.2, -0.15) is 0 Å². The van der Waals surface area contributed by atoms with Crippen LogP contribution in [0.5, 0.6) is 0 Å². The van der Waals surface area contributed by atoms with E-state index in [4.69, 9.17) is 28.9 Å². The van der Waals surface area contributed by atoms with E-state index in [9.17, 15) is 0 Å². The summed E-state index contributed by atoms with van der Waals surface area (Å²) in [5, 5.41) is 1.31. The van der Waals surface area contributed by atoms with Crippen molar-refractivity contribution in [2.24, 2.45) is 5.73 Å². The molecule has 0 saturated heterocycles. The molecule has 2 atom stereocenters. The van der Waals surface area contributed by atoms with Crippen molar-refractivity contribution in [3.63, 3.8) is 0 Å². The van der Waals surface area contributed by atoms with Gasteiger partial charge in [0.1, 0.15) is 0 Å². The number of benzene rings is 1. The first-order valence-electron chi connectivity index (χ1n) is 6.95. The minimum absolute atomic E-state index is 0.131. The lowest BCUT2D eigenvalue weighted by molar-refractivity contribution is 0.131. The predicted molar refractivity (Wildman–Crippen MR) is 88.7 cm³/mol. The number of likely N-dealkylation sites (N-methyl/N-ethyl adjacent to an activating group) is 2. The molecule has 0 fully saturated rings. The van der Waals surface area contributed by atoms with E-state index >= 15 is 0 Å². The van der Waals surface area contributed by atoms with Crippen LogP contribution in [0.15, 0.2) is 18.2 Å². The smallest absolute Gasteiger partial charge is 0.0474 e. The molecule has 3 nitrogen and oxygen atoms in total. The molecule has 20 heavy (non-hydrogen) atoms. The monoisotopic (exact) mass is 317 g/mol. The van der Waals surface area contributed by atoms with Crippen LogP contribution in [0.2, 0.25) is 10.0 Å². The van der Waals surface area contributed by atoms with Gasteiger partial charge in [-0.3, -0.25) is 4.90 Å². The standard InChI is InChI=1S/C15H25Cl2N3/c1-5-20(11(2)10-19(3)4)15(9-18)12-6-13(16)8-14(17)7-12/h6-8,11,15H,5,9-10,18H2,1-4H3. The molecule has 2 N–H and O–H groups in total. The fourth-order valence-electron chi connectivity index (χ4n) is 2.70. The van der Waals surface area contributed by atoms with Crippen molar-refractivity contribution in [3.05, 3.63) is 33.8 Å². The first-order valence-corrected chi connectivity index (χ1v) is 7.71. The molecule has 0 heterocycles. The Morgan fingerprint density at radius 3 is 2.10 bits per heavy atom. The molecule has 5 heteroatoms. The molecule has 114 valence electrons. The fourth-order valence-corrected chi connectivity index (χ4v) is 3.25. The number of nitrogens with two attached hydrogens (primary N) is 1. The second-order valence-corrected chi connectivity index (χ2v) is 6.27. The van der Waals surface area contributed by atoms with E-state index in [2.05, 4.69) is 37.7 Å². The van der Waals surface area contributed by atoms with Crippen LogP contribution in [0, 0.1) is 0 Å². The Bertz CT molecular complexity index is 403. The summed E-state index contributed by atoms with van der Waals surface area (Å²) < 4.78 is 0. The molecule has 1 rings (SSSR count). The lowest BCUT2D eigenvalue weighted by Gasteiger charge is -2.36. The molecule has 0 aliphatic carbocycles. The fraction of sp³-hybridized carbons (Fsp3) is 0.600. The highest BCUT2D eigenvalue weighted by molar-refractivity contribution is 6.34. The van der Waals surface area contributed by atoms with E-state index in [-0.39, 0.29) is 6.04 Å². The average molecular weight is 318 g/mol. The molecular formula is C15H25Cl2N3. The van der Waals surface area contributed by atoms with Gasteiger partial charge in [0.15, 0.2) is 0 Å². The first-order chi connectivity index (χ1) is 9.38. The van der Waals surface area contributed by atoms with Crippen molar-refractivity contribution < 1.29 is 0 Å². The molecule has 1 aromatic rings. The summed E-state index contributed by atoms with van der Waals surface area (Å²) in [6, 6.07) is 6.19. The second kappa shape index (κ2) is 8.20. The summed E-state index contributed by atoms with van der Waals surface area (Å²) in [5.74, 6) is 0. The summed E-state index contributed by atoms with van der Waals surface area (Å²) in [4.78, 5) is 4.58. The number of halogens is 2. The summed E-state index contributed by atoms with van der Waals surface area (Å²) in [6.45, 7) is 6.83. The van der Waals surface area contributed by atoms with Crippen LogP contribution in [0.25, 0.3) is 0 Å². The van der Waals surface area contributed by atoms with Crippen molar-refractivity contribution in [3.8, 4) is 0 Å². The Morgan fingerprint density at radius 1 is 1.15 bits per heavy atom. The van der Waals surface area contributed by atoms with Gasteiger partial charge in [0.25, 0.3) is 0 Å². The van der Waals surface area contributed by atoms with Crippen LogP contribution in [-0.4, -0.2) is 49.6 Å². The van der Waals surface area contributed by atoms with Crippen molar-refractivity contribution >= 4 is 23.2 Å². The third-order valence-corrected chi connectivity index (χ3v) is 3.89. The van der Waals surface area contributed by atoms with Crippen molar-refractivity contribution in [2.75, 3.05) is 33.7 Å². The lowest BCUT2D eigenvalue weighted by Crippen LogP contribution is -2.44. The van der Waals surface area contributed by atoms with E-state index in [0.29, 0.717) is 22.6 Å². The maximum absolute atomic E-state index is 6.11. The van der Waals surface area contributed by atoms with E-state index in [1.54, 1.807) is 6.07 Å². The van der Waals surface area contributed by atoms with Gasteiger partial charge in [-0.15, -0.1) is 0 Å². The van der Waals surface area contributed by atoms with Crippen LogP contribution in [0.4, 0.5) is 0 Å². The van der Waals surface area contributed by atoms with Crippen LogP contribution >= 0.6 is 23.2 Å². The van der Waals surface area contributed by atoms with Gasteiger partial charge >= 0.3 is 0 Å². The SMILES string of the molecule is CCN(C(C)CN(C)C)C(CN)c1cc(Cl)cc(Cl)c1. The topological polar surface area (TPSA) is 32.5 Å². The molecule has 1 aromatic carbocycles. The molecule has 0 saturated carbocycles. The first kappa shape index (κ1) is 17.7. The van der Waals surface area contributed by atoms with Crippen molar-refractivity contribution in [2.45, 2.75) is 25.9 Å². The van der Waals surface area contributed by atoms with Gasteiger partial charge < -0.3 is 10.6 Å². The van der Waals surface area contributed by atoms with E-state index in [1.807, 2.05) is 12.1 Å². The van der Waals surface area contributed by atoms with Gasteiger partial charge in [-0.25, -0.2) is 0 Å². The number of hydrogen-bond acceptors (Lipinski definition) is 3. The van der Waals surface area contributed by atoms with Crippen molar-refractivity contribution in [1.29, 1.82) is 0 Å². The highest BCUT2D eigenvalue weighted by Crippen LogP contribution is 2.28. The average Bonchev–Trinajstić information content (AvgIpc) is 2.33. The van der Waals surface area contributed by atoms with Gasteiger partial charge in [0.2, 0.25) is 0 Å². The van der Waals surface area contributed by atoms with E-state index in [1.165, 1.54) is 0 Å². The number of nitrogens with zero attached hydrogens (tertiary/aromatic N) is 2. The highest BCUT2D eigenvalue weighted by atomic mass is 35.5. The number of hydrogen-bond donors (Lipinski definition) is 1. The van der Waals surface area contributed by atoms with E-state index < -0.39 is 0 Å². The second-order valence-electron chi connectivity index (χ2n) is 5.40. The molecule has 0 amide bonds. The third kappa shape index (κ3) is 4.90. The maximum atomic E-state index is 6.11. The molecule has 0 aliphatic rings. The molecule has 0 aliphatic heterocycles. The molecular weight excluding hydrogens is 293 g/mol. The van der Waals surface area contributed by atoms with Gasteiger partial charge in [-0.1, -0.05) is 30.1 Å². The van der Waals surface area contributed by atoms with Crippen LogP contribution in [0.1, 0.15) is 25.5 Å². The lowest BCUT2D eigenvalue weighted by atomic mass is 10.0. The quantitative estimate of drug-likeness (QED) is 0.837. The Balaban J connectivity index is 3.01. The zero-order valence-electron chi connectivity index (χ0n) is 12.7. The third-order valence-electron chi connectivity index (χ3n) is 3.45. The minimum Gasteiger partial charge on any atom is -0.329 e. The summed E-state index contributed by atoms with van der Waals surface area (Å²) in [7, 11) is 4.16. The Kier molecular flexibility index (Phi) is 7.27. The molecule has 0 spiro atoms. The summed E-state index contributed by atoms with van der Waals surface area (Å²) >= 11 is 12.2. The minimum atomic E-state index is 0.131. The molecule has 0 radical (unpaired) electrons. The zero-order valence-corrected chi connectivity index (χ0v) is 14.2. The highest BCUT2D eigenvalue weighted by Gasteiger charge is 2.23. The maximum Gasteiger partial charge on any atom is 0.0474 e. The predicted octanol–water partition coefficient (Wildman–Crippen LogP) is 3.27. The normalized spacial score (nSPS) is 14.8. The Labute approximate surface area is 132 Å². The molecule has 0 aromatic heterocycles. The van der Waals surface area contributed by atoms with Gasteiger partial charge in [0, 0.05) is 35.2 Å². The van der Waals surface area contributed by atoms with Crippen LogP contribution < -0.4 is 5.73 Å². The Hall–Kier alpha value is -0.320. The van der Waals surface area contributed by atoms with Crippen molar-refractivity contribution in [1.82, 2.24) is 9.80 Å².